The van der Waals surface area contributed by atoms with Gasteiger partial charge in [-0.3, -0.25) is 9.69 Å². The molecular formula is C13H28N2O2. The highest BCUT2D eigenvalue weighted by atomic mass is 16.3. The Kier molecular flexibility index (Phi) is 8.17. The summed E-state index contributed by atoms with van der Waals surface area (Å²) < 4.78 is 0. The fourth-order valence-corrected chi connectivity index (χ4v) is 1.96. The minimum absolute atomic E-state index is 0.0428. The van der Waals surface area contributed by atoms with Gasteiger partial charge in [0.1, 0.15) is 0 Å². The molecule has 0 saturated heterocycles. The molecule has 0 aromatic heterocycles. The normalized spacial score (nSPS) is 16.6. The maximum Gasteiger partial charge on any atom is 0.237 e. The zero-order chi connectivity index (χ0) is 13.4. The molecule has 0 aromatic rings. The van der Waals surface area contributed by atoms with Crippen LogP contribution >= 0.6 is 0 Å². The van der Waals surface area contributed by atoms with Crippen LogP contribution in [0.5, 0.6) is 0 Å². The molecule has 0 aliphatic heterocycles. The summed E-state index contributed by atoms with van der Waals surface area (Å²) in [6.45, 7) is 6.53. The molecule has 102 valence electrons. The number of rotatable bonds is 8. The summed E-state index contributed by atoms with van der Waals surface area (Å²) in [5.41, 5.74) is 0. The number of aliphatic hydroxyl groups is 1. The van der Waals surface area contributed by atoms with E-state index in [0.717, 1.165) is 19.3 Å². The second-order valence-electron chi connectivity index (χ2n) is 5.20. The maximum atomic E-state index is 11.9. The number of aliphatic hydroxyl groups excluding tert-OH is 1. The van der Waals surface area contributed by atoms with Crippen LogP contribution in [-0.2, 0) is 4.79 Å². The van der Waals surface area contributed by atoms with Crippen molar-refractivity contribution in [3.63, 3.8) is 0 Å². The van der Waals surface area contributed by atoms with E-state index in [4.69, 9.17) is 0 Å². The molecule has 0 radical (unpaired) electrons. The number of carbonyl (C=O) groups excluding carboxylic acids is 1. The second kappa shape index (κ2) is 8.48. The Morgan fingerprint density at radius 2 is 1.94 bits per heavy atom. The van der Waals surface area contributed by atoms with Gasteiger partial charge in [0.25, 0.3) is 0 Å². The fraction of sp³-hybridized carbons (Fsp3) is 0.923. The first-order valence-corrected chi connectivity index (χ1v) is 6.50. The van der Waals surface area contributed by atoms with Crippen LogP contribution in [0.4, 0.5) is 0 Å². The second-order valence-corrected chi connectivity index (χ2v) is 5.20. The molecule has 1 amide bonds. The molecule has 0 fully saturated rings. The van der Waals surface area contributed by atoms with Gasteiger partial charge >= 0.3 is 0 Å². The molecule has 3 unspecified atom stereocenters. The molecule has 0 rings (SSSR count). The average Bonchev–Trinajstić information content (AvgIpc) is 2.21. The third kappa shape index (κ3) is 7.34. The van der Waals surface area contributed by atoms with E-state index in [-0.39, 0.29) is 18.1 Å². The van der Waals surface area contributed by atoms with Gasteiger partial charge in [-0.1, -0.05) is 20.3 Å². The molecule has 0 aliphatic rings. The average molecular weight is 244 g/mol. The third-order valence-corrected chi connectivity index (χ3v) is 2.86. The molecule has 0 spiro atoms. The number of nitrogens with zero attached hydrogens (tertiary/aromatic N) is 1. The summed E-state index contributed by atoms with van der Waals surface area (Å²) in [7, 11) is 3.86. The highest BCUT2D eigenvalue weighted by Gasteiger charge is 2.19. The van der Waals surface area contributed by atoms with E-state index < -0.39 is 0 Å². The lowest BCUT2D eigenvalue weighted by Crippen LogP contribution is -2.44. The van der Waals surface area contributed by atoms with Crippen LogP contribution in [0.2, 0.25) is 0 Å². The molecule has 17 heavy (non-hydrogen) atoms. The number of hydrogen-bond donors (Lipinski definition) is 2. The number of hydrogen-bond acceptors (Lipinski definition) is 3. The first-order valence-electron chi connectivity index (χ1n) is 6.50. The Morgan fingerprint density at radius 3 is 2.35 bits per heavy atom. The van der Waals surface area contributed by atoms with E-state index in [1.807, 2.05) is 25.9 Å². The van der Waals surface area contributed by atoms with Gasteiger partial charge in [0, 0.05) is 6.54 Å². The van der Waals surface area contributed by atoms with Crippen LogP contribution in [0.25, 0.3) is 0 Å². The van der Waals surface area contributed by atoms with Gasteiger partial charge in [0.05, 0.1) is 12.1 Å². The molecule has 0 aromatic carbocycles. The zero-order valence-corrected chi connectivity index (χ0v) is 11.9. The van der Waals surface area contributed by atoms with E-state index in [1.165, 1.54) is 0 Å². The molecule has 0 aliphatic carbocycles. The molecule has 2 N–H and O–H groups in total. The van der Waals surface area contributed by atoms with Gasteiger partial charge in [-0.05, 0) is 39.8 Å². The minimum atomic E-state index is -0.304. The Bertz CT molecular complexity index is 217. The Morgan fingerprint density at radius 1 is 1.35 bits per heavy atom. The van der Waals surface area contributed by atoms with E-state index >= 15 is 0 Å². The number of carbonyl (C=O) groups is 1. The predicted octanol–water partition coefficient (Wildman–Crippen LogP) is 1.24. The number of likely N-dealkylation sites (N-methyl/N-ethyl adjacent to an activating group) is 1. The molecule has 0 bridgehead atoms. The molecule has 3 atom stereocenters. The maximum absolute atomic E-state index is 11.9. The highest BCUT2D eigenvalue weighted by molar-refractivity contribution is 5.81. The van der Waals surface area contributed by atoms with Gasteiger partial charge in [-0.2, -0.15) is 0 Å². The molecule has 4 heteroatoms. The van der Waals surface area contributed by atoms with Crippen LogP contribution in [-0.4, -0.2) is 48.7 Å². The van der Waals surface area contributed by atoms with Crippen molar-refractivity contribution in [2.45, 2.75) is 52.2 Å². The van der Waals surface area contributed by atoms with Crippen molar-refractivity contribution in [1.29, 1.82) is 0 Å². The van der Waals surface area contributed by atoms with Crippen LogP contribution in [0.3, 0.4) is 0 Å². The summed E-state index contributed by atoms with van der Waals surface area (Å²) in [5, 5.41) is 12.2. The van der Waals surface area contributed by atoms with Gasteiger partial charge in [0.2, 0.25) is 5.91 Å². The number of nitrogens with one attached hydrogen (secondary N) is 1. The summed E-state index contributed by atoms with van der Waals surface area (Å²) in [4.78, 5) is 13.9. The van der Waals surface area contributed by atoms with Gasteiger partial charge in [0.15, 0.2) is 0 Å². The van der Waals surface area contributed by atoms with Crippen molar-refractivity contribution in [3.05, 3.63) is 0 Å². The molecule has 0 heterocycles. The van der Waals surface area contributed by atoms with Crippen LogP contribution in [0, 0.1) is 5.92 Å². The lowest BCUT2D eigenvalue weighted by atomic mass is 10.0. The standard InChI is InChI=1S/C13H28N2O2/c1-6-7-12(15(4)5)13(17)14-9-10(2)8-11(3)16/h10-12,16H,6-9H2,1-5H3,(H,14,17). The highest BCUT2D eigenvalue weighted by Crippen LogP contribution is 2.06. The number of amides is 1. The smallest absolute Gasteiger partial charge is 0.237 e. The van der Waals surface area contributed by atoms with Crippen molar-refractivity contribution < 1.29 is 9.90 Å². The van der Waals surface area contributed by atoms with Crippen LogP contribution in [0.15, 0.2) is 0 Å². The predicted molar refractivity (Wildman–Crippen MR) is 70.9 cm³/mol. The van der Waals surface area contributed by atoms with Crippen molar-refractivity contribution in [3.8, 4) is 0 Å². The largest absolute Gasteiger partial charge is 0.393 e. The van der Waals surface area contributed by atoms with Crippen molar-refractivity contribution in [1.82, 2.24) is 10.2 Å². The summed E-state index contributed by atoms with van der Waals surface area (Å²) in [6, 6.07) is -0.0428. The van der Waals surface area contributed by atoms with Crippen LogP contribution in [0.1, 0.15) is 40.0 Å². The van der Waals surface area contributed by atoms with Crippen LogP contribution < -0.4 is 5.32 Å². The van der Waals surface area contributed by atoms with Crippen molar-refractivity contribution in [2.75, 3.05) is 20.6 Å². The summed E-state index contributed by atoms with van der Waals surface area (Å²) in [5.74, 6) is 0.401. The topological polar surface area (TPSA) is 52.6 Å². The third-order valence-electron chi connectivity index (χ3n) is 2.86. The van der Waals surface area contributed by atoms with Crippen molar-refractivity contribution >= 4 is 5.91 Å². The zero-order valence-electron chi connectivity index (χ0n) is 11.9. The Labute approximate surface area is 105 Å². The Hall–Kier alpha value is -0.610. The monoisotopic (exact) mass is 244 g/mol. The fourth-order valence-electron chi connectivity index (χ4n) is 1.96. The molecular weight excluding hydrogens is 216 g/mol. The van der Waals surface area contributed by atoms with E-state index in [0.29, 0.717) is 12.5 Å². The SMILES string of the molecule is CCCC(C(=O)NCC(C)CC(C)O)N(C)C. The van der Waals surface area contributed by atoms with Gasteiger partial charge in [-0.15, -0.1) is 0 Å². The van der Waals surface area contributed by atoms with Crippen molar-refractivity contribution in [2.24, 2.45) is 5.92 Å². The molecule has 4 nitrogen and oxygen atoms in total. The van der Waals surface area contributed by atoms with E-state index in [9.17, 15) is 9.90 Å². The minimum Gasteiger partial charge on any atom is -0.393 e. The quantitative estimate of drug-likeness (QED) is 0.675. The van der Waals surface area contributed by atoms with Gasteiger partial charge in [-0.25, -0.2) is 0 Å². The van der Waals surface area contributed by atoms with Gasteiger partial charge < -0.3 is 10.4 Å². The summed E-state index contributed by atoms with van der Waals surface area (Å²) in [6.07, 6.45) is 2.30. The van der Waals surface area contributed by atoms with E-state index in [2.05, 4.69) is 12.2 Å². The summed E-state index contributed by atoms with van der Waals surface area (Å²) >= 11 is 0. The molecule has 0 saturated carbocycles. The first kappa shape index (κ1) is 16.4. The first-order chi connectivity index (χ1) is 7.88. The Balaban J connectivity index is 4.05. The van der Waals surface area contributed by atoms with E-state index in [1.54, 1.807) is 6.92 Å². The lowest BCUT2D eigenvalue weighted by molar-refractivity contribution is -0.126. The lowest BCUT2D eigenvalue weighted by Gasteiger charge is -2.24.